The summed E-state index contributed by atoms with van der Waals surface area (Å²) in [5.74, 6) is -0.401. The van der Waals surface area contributed by atoms with Crippen LogP contribution in [0.4, 0.5) is 10.1 Å². The maximum Gasteiger partial charge on any atom is 0.147 e. The second kappa shape index (κ2) is 4.11. The Balaban J connectivity index is 2.02. The molecule has 1 aromatic rings. The number of nitrogens with zero attached hydrogens (tertiary/aromatic N) is 1. The Labute approximate surface area is 94.1 Å². The fraction of sp³-hybridized carbons (Fsp3) is 0.417. The summed E-state index contributed by atoms with van der Waals surface area (Å²) in [4.78, 5) is 0. The molecule has 0 aromatic heterocycles. The van der Waals surface area contributed by atoms with Crippen molar-refractivity contribution in [2.75, 3.05) is 11.9 Å². The monoisotopic (exact) mass is 219 g/mol. The molecule has 0 radical (unpaired) electrons. The zero-order valence-electron chi connectivity index (χ0n) is 8.96. The van der Waals surface area contributed by atoms with E-state index in [9.17, 15) is 4.39 Å². The number of nitrogens with two attached hydrogens (primary N) is 1. The van der Waals surface area contributed by atoms with Crippen molar-refractivity contribution in [3.05, 3.63) is 29.6 Å². The number of hydrogen-bond donors (Lipinski definition) is 2. The van der Waals surface area contributed by atoms with Gasteiger partial charge in [-0.05, 0) is 37.5 Å². The smallest absolute Gasteiger partial charge is 0.147 e. The van der Waals surface area contributed by atoms with Crippen LogP contribution in [0.1, 0.15) is 24.8 Å². The topological polar surface area (TPSA) is 61.8 Å². The Bertz CT molecular complexity index is 432. The Kier molecular flexibility index (Phi) is 2.80. The zero-order chi connectivity index (χ0) is 11.6. The standard InChI is InChI=1S/C12H14FN3/c13-10-6-9(7-14)2-3-11(10)16-8-12(15)4-1-5-12/h2-3,6,16H,1,4-5,8,15H2. The minimum absolute atomic E-state index is 0.180. The molecule has 4 heteroatoms. The first kappa shape index (κ1) is 10.9. The number of benzene rings is 1. The lowest BCUT2D eigenvalue weighted by atomic mass is 9.78. The van der Waals surface area contributed by atoms with Crippen molar-refractivity contribution in [1.29, 1.82) is 5.26 Å². The van der Waals surface area contributed by atoms with Crippen molar-refractivity contribution in [2.45, 2.75) is 24.8 Å². The van der Waals surface area contributed by atoms with Crippen molar-refractivity contribution in [3.8, 4) is 6.07 Å². The van der Waals surface area contributed by atoms with Crippen LogP contribution >= 0.6 is 0 Å². The van der Waals surface area contributed by atoms with Crippen LogP contribution in [0.5, 0.6) is 0 Å². The van der Waals surface area contributed by atoms with Gasteiger partial charge in [-0.15, -0.1) is 0 Å². The highest BCUT2D eigenvalue weighted by atomic mass is 19.1. The van der Waals surface area contributed by atoms with Crippen LogP contribution in [0.2, 0.25) is 0 Å². The number of hydrogen-bond acceptors (Lipinski definition) is 3. The van der Waals surface area contributed by atoms with Gasteiger partial charge in [0.25, 0.3) is 0 Å². The van der Waals surface area contributed by atoms with Crippen LogP contribution in [-0.4, -0.2) is 12.1 Å². The van der Waals surface area contributed by atoms with E-state index in [2.05, 4.69) is 5.32 Å². The lowest BCUT2D eigenvalue weighted by molar-refractivity contribution is 0.265. The van der Waals surface area contributed by atoms with E-state index in [0.29, 0.717) is 17.8 Å². The predicted molar refractivity (Wildman–Crippen MR) is 60.4 cm³/mol. The minimum atomic E-state index is -0.401. The van der Waals surface area contributed by atoms with Crippen LogP contribution in [-0.2, 0) is 0 Å². The summed E-state index contributed by atoms with van der Waals surface area (Å²) >= 11 is 0. The van der Waals surface area contributed by atoms with Gasteiger partial charge in [0, 0.05) is 12.1 Å². The summed E-state index contributed by atoms with van der Waals surface area (Å²) in [7, 11) is 0. The first-order valence-corrected chi connectivity index (χ1v) is 5.35. The third-order valence-corrected chi connectivity index (χ3v) is 3.08. The summed E-state index contributed by atoms with van der Waals surface area (Å²) in [6, 6.07) is 6.30. The molecular weight excluding hydrogens is 205 g/mol. The molecule has 0 saturated heterocycles. The maximum absolute atomic E-state index is 13.5. The molecule has 1 aliphatic carbocycles. The molecule has 1 aromatic carbocycles. The van der Waals surface area contributed by atoms with Gasteiger partial charge in [-0.1, -0.05) is 0 Å². The average molecular weight is 219 g/mol. The third-order valence-electron chi connectivity index (χ3n) is 3.08. The van der Waals surface area contributed by atoms with Crippen molar-refractivity contribution in [1.82, 2.24) is 0 Å². The van der Waals surface area contributed by atoms with Gasteiger partial charge in [0.1, 0.15) is 5.82 Å². The quantitative estimate of drug-likeness (QED) is 0.817. The molecule has 3 nitrogen and oxygen atoms in total. The zero-order valence-corrected chi connectivity index (χ0v) is 8.96. The highest BCUT2D eigenvalue weighted by Gasteiger charge is 2.32. The summed E-state index contributed by atoms with van der Waals surface area (Å²) in [5, 5.41) is 11.6. The van der Waals surface area contributed by atoms with E-state index in [1.54, 1.807) is 12.1 Å². The van der Waals surface area contributed by atoms with Gasteiger partial charge in [0.05, 0.1) is 17.3 Å². The molecule has 16 heavy (non-hydrogen) atoms. The first-order valence-electron chi connectivity index (χ1n) is 5.35. The van der Waals surface area contributed by atoms with E-state index in [4.69, 9.17) is 11.0 Å². The molecule has 3 N–H and O–H groups in total. The Morgan fingerprint density at radius 3 is 2.75 bits per heavy atom. The van der Waals surface area contributed by atoms with Crippen molar-refractivity contribution in [3.63, 3.8) is 0 Å². The van der Waals surface area contributed by atoms with Gasteiger partial charge < -0.3 is 11.1 Å². The first-order chi connectivity index (χ1) is 7.63. The highest BCUT2D eigenvalue weighted by molar-refractivity contribution is 5.49. The van der Waals surface area contributed by atoms with Gasteiger partial charge in [-0.2, -0.15) is 5.26 Å². The number of halogens is 1. The van der Waals surface area contributed by atoms with Crippen LogP contribution in [0.15, 0.2) is 18.2 Å². The summed E-state index contributed by atoms with van der Waals surface area (Å²) in [6.07, 6.45) is 3.11. The minimum Gasteiger partial charge on any atom is -0.381 e. The molecule has 0 atom stereocenters. The van der Waals surface area contributed by atoms with E-state index in [0.717, 1.165) is 19.3 Å². The molecule has 1 saturated carbocycles. The molecule has 0 aliphatic heterocycles. The van der Waals surface area contributed by atoms with E-state index in [-0.39, 0.29) is 5.54 Å². The summed E-state index contributed by atoms with van der Waals surface area (Å²) < 4.78 is 13.5. The fourth-order valence-electron chi connectivity index (χ4n) is 1.81. The Morgan fingerprint density at radius 1 is 1.50 bits per heavy atom. The summed E-state index contributed by atoms with van der Waals surface area (Å²) in [6.45, 7) is 0.579. The maximum atomic E-state index is 13.5. The molecule has 0 bridgehead atoms. The molecule has 84 valence electrons. The molecule has 0 amide bonds. The van der Waals surface area contributed by atoms with Crippen LogP contribution in [0.3, 0.4) is 0 Å². The molecule has 0 unspecified atom stereocenters. The normalized spacial score (nSPS) is 17.3. The Hall–Kier alpha value is -1.60. The van der Waals surface area contributed by atoms with E-state index < -0.39 is 5.82 Å². The second-order valence-electron chi connectivity index (χ2n) is 4.38. The number of nitriles is 1. The van der Waals surface area contributed by atoms with Crippen molar-refractivity contribution in [2.24, 2.45) is 5.73 Å². The van der Waals surface area contributed by atoms with Crippen LogP contribution in [0, 0.1) is 17.1 Å². The van der Waals surface area contributed by atoms with Crippen LogP contribution < -0.4 is 11.1 Å². The molecule has 1 fully saturated rings. The van der Waals surface area contributed by atoms with Crippen molar-refractivity contribution >= 4 is 5.69 Å². The van der Waals surface area contributed by atoms with E-state index >= 15 is 0 Å². The second-order valence-corrected chi connectivity index (χ2v) is 4.38. The van der Waals surface area contributed by atoms with E-state index in [1.807, 2.05) is 6.07 Å². The Morgan fingerprint density at radius 2 is 2.25 bits per heavy atom. The van der Waals surface area contributed by atoms with Gasteiger partial charge in [0.15, 0.2) is 0 Å². The molecular formula is C12H14FN3. The number of nitrogens with one attached hydrogen (secondary N) is 1. The van der Waals surface area contributed by atoms with Gasteiger partial charge >= 0.3 is 0 Å². The van der Waals surface area contributed by atoms with Gasteiger partial charge in [-0.3, -0.25) is 0 Å². The molecule has 0 spiro atoms. The van der Waals surface area contributed by atoms with Gasteiger partial charge in [0.2, 0.25) is 0 Å². The third kappa shape index (κ3) is 2.15. The molecule has 0 heterocycles. The fourth-order valence-corrected chi connectivity index (χ4v) is 1.81. The number of rotatable bonds is 3. The lowest BCUT2D eigenvalue weighted by Gasteiger charge is -2.38. The molecule has 1 aliphatic rings. The predicted octanol–water partition coefficient (Wildman–Crippen LogP) is 1.99. The highest BCUT2D eigenvalue weighted by Crippen LogP contribution is 2.29. The SMILES string of the molecule is N#Cc1ccc(NCC2(N)CCC2)c(F)c1. The average Bonchev–Trinajstić information content (AvgIpc) is 2.25. The van der Waals surface area contributed by atoms with E-state index in [1.165, 1.54) is 6.07 Å². The largest absolute Gasteiger partial charge is 0.381 e. The molecule has 2 rings (SSSR count). The number of anilines is 1. The van der Waals surface area contributed by atoms with Gasteiger partial charge in [-0.25, -0.2) is 4.39 Å². The van der Waals surface area contributed by atoms with Crippen molar-refractivity contribution < 1.29 is 4.39 Å². The summed E-state index contributed by atoms with van der Waals surface area (Å²) in [5.41, 5.74) is 6.58. The lowest BCUT2D eigenvalue weighted by Crippen LogP contribution is -2.52. The van der Waals surface area contributed by atoms with Crippen LogP contribution in [0.25, 0.3) is 0 Å².